The first-order chi connectivity index (χ1) is 5.89. The Balaban J connectivity index is 4.13. The molecule has 0 aliphatic rings. The van der Waals surface area contributed by atoms with Crippen molar-refractivity contribution >= 4 is 19.9 Å². The van der Waals surface area contributed by atoms with Gasteiger partial charge in [0.25, 0.3) is 9.24 Å². The Morgan fingerprint density at radius 3 is 2.15 bits per heavy atom. The molecule has 0 atom stereocenters. The molecule has 13 heavy (non-hydrogen) atoms. The van der Waals surface area contributed by atoms with Crippen molar-refractivity contribution in [2.45, 2.75) is 46.1 Å². The summed E-state index contributed by atoms with van der Waals surface area (Å²) in [6, 6.07) is -0.0562. The van der Waals surface area contributed by atoms with Crippen LogP contribution >= 0.6 is 10.7 Å². The monoisotopic (exact) mass is 227 g/mol. The van der Waals surface area contributed by atoms with Gasteiger partial charge in [0.15, 0.2) is 0 Å². The van der Waals surface area contributed by atoms with E-state index in [2.05, 4.69) is 6.92 Å². The molecule has 0 rings (SSSR count). The molecule has 3 nitrogen and oxygen atoms in total. The van der Waals surface area contributed by atoms with Crippen molar-refractivity contribution in [2.24, 2.45) is 0 Å². The van der Waals surface area contributed by atoms with E-state index in [1.807, 2.05) is 13.8 Å². The van der Waals surface area contributed by atoms with Gasteiger partial charge < -0.3 is 0 Å². The molecule has 0 saturated heterocycles. The van der Waals surface area contributed by atoms with Crippen LogP contribution in [0.3, 0.4) is 0 Å². The van der Waals surface area contributed by atoms with Crippen LogP contribution in [-0.4, -0.2) is 25.3 Å². The van der Waals surface area contributed by atoms with Crippen LogP contribution in [0.25, 0.3) is 0 Å². The number of nitrogens with zero attached hydrogens (tertiary/aromatic N) is 1. The largest absolute Gasteiger partial charge is 0.300 e. The van der Waals surface area contributed by atoms with Gasteiger partial charge in [0.05, 0.1) is 0 Å². The lowest BCUT2D eigenvalue weighted by molar-refractivity contribution is 0.353. The number of hydrogen-bond donors (Lipinski definition) is 0. The lowest BCUT2D eigenvalue weighted by Crippen LogP contribution is -2.34. The first-order valence-corrected chi connectivity index (χ1v) is 6.87. The fourth-order valence-corrected chi connectivity index (χ4v) is 2.67. The predicted octanol–water partition coefficient (Wildman–Crippen LogP) is 2.37. The number of hydrogen-bond acceptors (Lipinski definition) is 2. The summed E-state index contributed by atoms with van der Waals surface area (Å²) in [6.07, 6.45) is 2.99. The first kappa shape index (κ1) is 13.2. The third-order valence-corrected chi connectivity index (χ3v) is 3.53. The van der Waals surface area contributed by atoms with Crippen LogP contribution in [0.15, 0.2) is 0 Å². The highest BCUT2D eigenvalue weighted by atomic mass is 35.7. The van der Waals surface area contributed by atoms with Crippen molar-refractivity contribution < 1.29 is 8.42 Å². The van der Waals surface area contributed by atoms with Crippen LogP contribution in [0.1, 0.15) is 40.0 Å². The molecular weight excluding hydrogens is 210 g/mol. The third kappa shape index (κ3) is 5.49. The highest BCUT2D eigenvalue weighted by Crippen LogP contribution is 2.12. The SMILES string of the molecule is CCCCCN(C(C)C)S(=O)(=O)Cl. The lowest BCUT2D eigenvalue weighted by Gasteiger charge is -2.21. The van der Waals surface area contributed by atoms with Gasteiger partial charge in [-0.25, -0.2) is 0 Å². The van der Waals surface area contributed by atoms with Crippen molar-refractivity contribution in [3.63, 3.8) is 0 Å². The van der Waals surface area contributed by atoms with E-state index in [9.17, 15) is 8.42 Å². The molecule has 0 aromatic carbocycles. The minimum Gasteiger partial charge on any atom is -0.195 e. The maximum Gasteiger partial charge on any atom is 0.300 e. The van der Waals surface area contributed by atoms with Crippen LogP contribution < -0.4 is 0 Å². The fourth-order valence-electron chi connectivity index (χ4n) is 1.14. The summed E-state index contributed by atoms with van der Waals surface area (Å²) in [5, 5.41) is 0. The second-order valence-electron chi connectivity index (χ2n) is 3.35. The van der Waals surface area contributed by atoms with E-state index in [-0.39, 0.29) is 6.04 Å². The summed E-state index contributed by atoms with van der Waals surface area (Å²) in [5.41, 5.74) is 0. The van der Waals surface area contributed by atoms with Crippen molar-refractivity contribution in [3.05, 3.63) is 0 Å². The Morgan fingerprint density at radius 2 is 1.85 bits per heavy atom. The van der Waals surface area contributed by atoms with Crippen LogP contribution in [0.2, 0.25) is 0 Å². The van der Waals surface area contributed by atoms with Crippen molar-refractivity contribution in [2.75, 3.05) is 6.54 Å². The van der Waals surface area contributed by atoms with E-state index in [0.29, 0.717) is 6.54 Å². The van der Waals surface area contributed by atoms with Crippen molar-refractivity contribution in [3.8, 4) is 0 Å². The molecule has 0 bridgehead atoms. The van der Waals surface area contributed by atoms with Crippen LogP contribution in [-0.2, 0) is 9.24 Å². The summed E-state index contributed by atoms with van der Waals surface area (Å²) >= 11 is 0. The van der Waals surface area contributed by atoms with Gasteiger partial charge in [0, 0.05) is 23.3 Å². The van der Waals surface area contributed by atoms with E-state index < -0.39 is 9.24 Å². The minimum absolute atomic E-state index is 0.0562. The van der Waals surface area contributed by atoms with Gasteiger partial charge >= 0.3 is 0 Å². The zero-order valence-electron chi connectivity index (χ0n) is 8.46. The highest BCUT2D eigenvalue weighted by Gasteiger charge is 2.21. The third-order valence-electron chi connectivity index (χ3n) is 1.84. The van der Waals surface area contributed by atoms with Crippen LogP contribution in [0.4, 0.5) is 0 Å². The summed E-state index contributed by atoms with van der Waals surface area (Å²) in [6.45, 7) is 6.25. The van der Waals surface area contributed by atoms with Crippen LogP contribution in [0.5, 0.6) is 0 Å². The van der Waals surface area contributed by atoms with E-state index >= 15 is 0 Å². The Morgan fingerprint density at radius 1 is 1.31 bits per heavy atom. The molecule has 0 unspecified atom stereocenters. The molecule has 5 heteroatoms. The smallest absolute Gasteiger partial charge is 0.195 e. The molecule has 0 spiro atoms. The molecule has 0 aromatic rings. The topological polar surface area (TPSA) is 37.4 Å². The molecule has 0 heterocycles. The standard InChI is InChI=1S/C8H18ClNO2S/c1-4-5-6-7-10(8(2)3)13(9,11)12/h8H,4-7H2,1-3H3. The summed E-state index contributed by atoms with van der Waals surface area (Å²) in [7, 11) is 1.73. The average molecular weight is 228 g/mol. The number of rotatable bonds is 6. The molecule has 0 saturated carbocycles. The van der Waals surface area contributed by atoms with Crippen molar-refractivity contribution in [1.82, 2.24) is 4.31 Å². The minimum atomic E-state index is -3.54. The fraction of sp³-hybridized carbons (Fsp3) is 1.00. The van der Waals surface area contributed by atoms with Gasteiger partial charge in [-0.3, -0.25) is 0 Å². The summed E-state index contributed by atoms with van der Waals surface area (Å²) < 4.78 is 23.4. The maximum absolute atomic E-state index is 11.1. The highest BCUT2D eigenvalue weighted by molar-refractivity contribution is 8.11. The maximum atomic E-state index is 11.1. The molecule has 0 aliphatic carbocycles. The van der Waals surface area contributed by atoms with Gasteiger partial charge in [-0.2, -0.15) is 12.7 Å². The van der Waals surface area contributed by atoms with Gasteiger partial charge in [0.1, 0.15) is 0 Å². The molecule has 0 amide bonds. The zero-order chi connectivity index (χ0) is 10.5. The Labute approximate surface area is 85.6 Å². The lowest BCUT2D eigenvalue weighted by atomic mass is 10.2. The van der Waals surface area contributed by atoms with Crippen molar-refractivity contribution in [1.29, 1.82) is 0 Å². The normalized spacial score (nSPS) is 12.8. The Kier molecular flexibility index (Phi) is 5.92. The summed E-state index contributed by atoms with van der Waals surface area (Å²) in [5.74, 6) is 0. The number of halogens is 1. The molecule has 0 N–H and O–H groups in total. The average Bonchev–Trinajstić information content (AvgIpc) is 1.94. The Bertz CT molecular complexity index is 226. The van der Waals surface area contributed by atoms with Gasteiger partial charge in [-0.1, -0.05) is 19.8 Å². The first-order valence-electron chi connectivity index (χ1n) is 4.61. The van der Waals surface area contributed by atoms with Gasteiger partial charge in [-0.15, -0.1) is 0 Å². The van der Waals surface area contributed by atoms with E-state index in [1.165, 1.54) is 4.31 Å². The van der Waals surface area contributed by atoms with E-state index in [0.717, 1.165) is 19.3 Å². The molecule has 0 aliphatic heterocycles. The summed E-state index contributed by atoms with van der Waals surface area (Å²) in [4.78, 5) is 0. The van der Waals surface area contributed by atoms with E-state index in [4.69, 9.17) is 10.7 Å². The van der Waals surface area contributed by atoms with E-state index in [1.54, 1.807) is 0 Å². The quantitative estimate of drug-likeness (QED) is 0.516. The molecule has 0 fully saturated rings. The van der Waals surface area contributed by atoms with Crippen LogP contribution in [0, 0.1) is 0 Å². The second-order valence-corrected chi connectivity index (χ2v) is 5.82. The van der Waals surface area contributed by atoms with Gasteiger partial charge in [-0.05, 0) is 20.3 Å². The second kappa shape index (κ2) is 5.83. The zero-order valence-corrected chi connectivity index (χ0v) is 10.0. The molecule has 80 valence electrons. The molecule has 0 aromatic heterocycles. The predicted molar refractivity (Wildman–Crippen MR) is 56.1 cm³/mol. The number of unbranched alkanes of at least 4 members (excludes halogenated alkanes) is 2. The molecule has 0 radical (unpaired) electrons. The molecular formula is C8H18ClNO2S. The Hall–Kier alpha value is 0.200. The van der Waals surface area contributed by atoms with Gasteiger partial charge in [0.2, 0.25) is 0 Å².